The first-order valence-corrected chi connectivity index (χ1v) is 5.85. The first kappa shape index (κ1) is 12.8. The minimum absolute atomic E-state index is 0.362. The Labute approximate surface area is 99.2 Å². The molecule has 0 aliphatic heterocycles. The predicted octanol–water partition coefficient (Wildman–Crippen LogP) is 0.948. The summed E-state index contributed by atoms with van der Waals surface area (Å²) in [6, 6.07) is 2.51. The second-order valence-electron chi connectivity index (χ2n) is 3.67. The van der Waals surface area contributed by atoms with Crippen LogP contribution in [-0.4, -0.2) is 27.1 Å². The maximum atomic E-state index is 8.59. The fourth-order valence-electron chi connectivity index (χ4n) is 1.33. The van der Waals surface area contributed by atoms with Gasteiger partial charge in [0.2, 0.25) is 0 Å². The molecule has 7 heteroatoms. The molecule has 0 bridgehead atoms. The van der Waals surface area contributed by atoms with Gasteiger partial charge in [-0.3, -0.25) is 4.90 Å². The van der Waals surface area contributed by atoms with E-state index in [1.807, 2.05) is 0 Å². The van der Waals surface area contributed by atoms with Crippen LogP contribution in [-0.2, 0) is 6.54 Å². The van der Waals surface area contributed by atoms with Crippen molar-refractivity contribution < 1.29 is 0 Å². The van der Waals surface area contributed by atoms with Crippen molar-refractivity contribution in [1.29, 1.82) is 5.26 Å². The van der Waals surface area contributed by atoms with Gasteiger partial charge in [0.05, 0.1) is 6.07 Å². The summed E-state index contributed by atoms with van der Waals surface area (Å²) < 4.78 is 3.84. The van der Waals surface area contributed by atoms with E-state index in [1.54, 1.807) is 0 Å². The van der Waals surface area contributed by atoms with Crippen molar-refractivity contribution >= 4 is 16.5 Å². The lowest BCUT2D eigenvalue weighted by molar-refractivity contribution is 0.215. The standard InChI is InChI=1S/C9H16N6S/c1-7(2)15(5-3-4-10)6-8-9(12-11)16-14-13-8/h7,12H,3,5-6,11H2,1-2H3. The van der Waals surface area contributed by atoms with Crippen molar-refractivity contribution in [2.45, 2.75) is 32.9 Å². The van der Waals surface area contributed by atoms with E-state index in [0.29, 0.717) is 19.0 Å². The van der Waals surface area contributed by atoms with Crippen LogP contribution in [0.25, 0.3) is 0 Å². The lowest BCUT2D eigenvalue weighted by Crippen LogP contribution is -2.31. The number of nitrogens with one attached hydrogen (secondary N) is 1. The highest BCUT2D eigenvalue weighted by Crippen LogP contribution is 2.18. The molecular formula is C9H16N6S. The molecule has 3 N–H and O–H groups in total. The lowest BCUT2D eigenvalue weighted by atomic mass is 10.2. The summed E-state index contributed by atoms with van der Waals surface area (Å²) in [5, 5.41) is 13.4. The van der Waals surface area contributed by atoms with E-state index in [9.17, 15) is 0 Å². The Morgan fingerprint density at radius 2 is 2.38 bits per heavy atom. The number of hydrogen-bond acceptors (Lipinski definition) is 7. The SMILES string of the molecule is CC(C)N(CCC#N)Cc1nnsc1NN. The number of nitrogens with two attached hydrogens (primary N) is 1. The van der Waals surface area contributed by atoms with Crippen LogP contribution in [0.4, 0.5) is 5.00 Å². The first-order valence-electron chi connectivity index (χ1n) is 5.08. The van der Waals surface area contributed by atoms with Crippen LogP contribution in [0.5, 0.6) is 0 Å². The van der Waals surface area contributed by atoms with Crippen LogP contribution < -0.4 is 11.3 Å². The number of hydrogen-bond donors (Lipinski definition) is 2. The molecule has 0 radical (unpaired) electrons. The van der Waals surface area contributed by atoms with Crippen molar-refractivity contribution in [2.75, 3.05) is 12.0 Å². The summed E-state index contributed by atoms with van der Waals surface area (Å²) >= 11 is 1.24. The fourth-order valence-corrected chi connectivity index (χ4v) is 1.81. The van der Waals surface area contributed by atoms with E-state index in [0.717, 1.165) is 17.2 Å². The molecule has 0 saturated heterocycles. The van der Waals surface area contributed by atoms with E-state index in [1.165, 1.54) is 11.5 Å². The summed E-state index contributed by atoms with van der Waals surface area (Å²) in [6.07, 6.45) is 0.515. The Morgan fingerprint density at radius 3 is 2.94 bits per heavy atom. The molecule has 0 aromatic carbocycles. The summed E-state index contributed by atoms with van der Waals surface area (Å²) in [6.45, 7) is 5.57. The van der Waals surface area contributed by atoms with Crippen LogP contribution >= 0.6 is 11.5 Å². The largest absolute Gasteiger partial charge is 0.313 e. The highest BCUT2D eigenvalue weighted by atomic mass is 32.1. The van der Waals surface area contributed by atoms with Crippen LogP contribution in [0.1, 0.15) is 26.0 Å². The van der Waals surface area contributed by atoms with E-state index in [2.05, 4.69) is 39.8 Å². The summed E-state index contributed by atoms with van der Waals surface area (Å²) in [5.41, 5.74) is 3.41. The van der Waals surface area contributed by atoms with Gasteiger partial charge in [0, 0.05) is 37.1 Å². The molecule has 0 aliphatic carbocycles. The Bertz CT molecular complexity index is 355. The molecule has 16 heavy (non-hydrogen) atoms. The third-order valence-corrected chi connectivity index (χ3v) is 2.98. The van der Waals surface area contributed by atoms with E-state index < -0.39 is 0 Å². The molecule has 0 saturated carbocycles. The molecule has 1 aromatic rings. The summed E-state index contributed by atoms with van der Waals surface area (Å²) in [7, 11) is 0. The summed E-state index contributed by atoms with van der Waals surface area (Å²) in [4.78, 5) is 2.17. The van der Waals surface area contributed by atoms with Gasteiger partial charge in [-0.15, -0.1) is 5.10 Å². The minimum Gasteiger partial charge on any atom is -0.313 e. The maximum absolute atomic E-state index is 8.59. The zero-order chi connectivity index (χ0) is 12.0. The number of nitrogen functional groups attached to an aromatic ring is 1. The average Bonchev–Trinajstić information content (AvgIpc) is 2.70. The van der Waals surface area contributed by atoms with Gasteiger partial charge in [-0.2, -0.15) is 5.26 Å². The van der Waals surface area contributed by atoms with E-state index in [-0.39, 0.29) is 0 Å². The molecular weight excluding hydrogens is 224 g/mol. The van der Waals surface area contributed by atoms with Crippen molar-refractivity contribution in [3.8, 4) is 6.07 Å². The van der Waals surface area contributed by atoms with Crippen molar-refractivity contribution in [2.24, 2.45) is 5.84 Å². The highest BCUT2D eigenvalue weighted by molar-refractivity contribution is 7.10. The number of anilines is 1. The number of nitriles is 1. The normalized spacial score (nSPS) is 10.8. The lowest BCUT2D eigenvalue weighted by Gasteiger charge is -2.24. The van der Waals surface area contributed by atoms with Gasteiger partial charge in [-0.25, -0.2) is 5.84 Å². The smallest absolute Gasteiger partial charge is 0.148 e. The van der Waals surface area contributed by atoms with Gasteiger partial charge in [-0.1, -0.05) is 4.49 Å². The van der Waals surface area contributed by atoms with Gasteiger partial charge in [0.1, 0.15) is 10.7 Å². The molecule has 0 atom stereocenters. The monoisotopic (exact) mass is 240 g/mol. The van der Waals surface area contributed by atoms with Crippen LogP contribution in [0.3, 0.4) is 0 Å². The number of rotatable bonds is 6. The van der Waals surface area contributed by atoms with Gasteiger partial charge in [-0.05, 0) is 13.8 Å². The maximum Gasteiger partial charge on any atom is 0.148 e. The zero-order valence-corrected chi connectivity index (χ0v) is 10.3. The van der Waals surface area contributed by atoms with Crippen molar-refractivity contribution in [1.82, 2.24) is 14.5 Å². The van der Waals surface area contributed by atoms with E-state index in [4.69, 9.17) is 11.1 Å². The molecule has 6 nitrogen and oxygen atoms in total. The first-order chi connectivity index (χ1) is 7.69. The predicted molar refractivity (Wildman–Crippen MR) is 63.5 cm³/mol. The Kier molecular flexibility index (Phi) is 5.11. The molecule has 1 heterocycles. The number of nitrogens with zero attached hydrogens (tertiary/aromatic N) is 4. The van der Waals surface area contributed by atoms with Crippen LogP contribution in [0.2, 0.25) is 0 Å². The van der Waals surface area contributed by atoms with Gasteiger partial charge < -0.3 is 5.43 Å². The third-order valence-electron chi connectivity index (χ3n) is 2.28. The Hall–Kier alpha value is -1.23. The van der Waals surface area contributed by atoms with Crippen LogP contribution in [0, 0.1) is 11.3 Å². The number of aromatic nitrogens is 2. The van der Waals surface area contributed by atoms with Gasteiger partial charge in [0.25, 0.3) is 0 Å². The second kappa shape index (κ2) is 6.37. The summed E-state index contributed by atoms with van der Waals surface area (Å²) in [5.74, 6) is 5.36. The zero-order valence-electron chi connectivity index (χ0n) is 9.47. The fraction of sp³-hybridized carbons (Fsp3) is 0.667. The second-order valence-corrected chi connectivity index (χ2v) is 4.42. The van der Waals surface area contributed by atoms with Gasteiger partial charge >= 0.3 is 0 Å². The Balaban J connectivity index is 2.64. The quantitative estimate of drug-likeness (QED) is 0.568. The van der Waals surface area contributed by atoms with Gasteiger partial charge in [0.15, 0.2) is 0 Å². The molecule has 0 unspecified atom stereocenters. The van der Waals surface area contributed by atoms with Crippen molar-refractivity contribution in [3.63, 3.8) is 0 Å². The molecule has 0 amide bonds. The van der Waals surface area contributed by atoms with Crippen LogP contribution in [0.15, 0.2) is 0 Å². The molecule has 0 aliphatic rings. The molecule has 88 valence electrons. The minimum atomic E-state index is 0.362. The Morgan fingerprint density at radius 1 is 1.62 bits per heavy atom. The van der Waals surface area contributed by atoms with Crippen molar-refractivity contribution in [3.05, 3.63) is 5.69 Å². The molecule has 0 spiro atoms. The number of hydrazine groups is 1. The molecule has 0 fully saturated rings. The third kappa shape index (κ3) is 3.41. The molecule has 1 aromatic heterocycles. The highest BCUT2D eigenvalue weighted by Gasteiger charge is 2.14. The average molecular weight is 240 g/mol. The topological polar surface area (TPSA) is 90.9 Å². The molecule has 1 rings (SSSR count). The van der Waals surface area contributed by atoms with E-state index >= 15 is 0 Å².